The smallest absolute Gasteiger partial charge is 0.0950 e. The van der Waals surface area contributed by atoms with Gasteiger partial charge in [-0.05, 0) is 44.4 Å². The average molecular weight is 284 g/mol. The quantitative estimate of drug-likeness (QED) is 0.833. The van der Waals surface area contributed by atoms with Gasteiger partial charge in [0.05, 0.1) is 6.10 Å². The molecule has 2 nitrogen and oxygen atoms in total. The number of hydrogen-bond donors (Lipinski definition) is 1. The summed E-state index contributed by atoms with van der Waals surface area (Å²) in [6.07, 6.45) is 0.0420. The van der Waals surface area contributed by atoms with Crippen LogP contribution in [0.2, 0.25) is 5.02 Å². The Morgan fingerprint density at radius 2 is 1.95 bits per heavy atom. The van der Waals surface area contributed by atoms with Crippen molar-refractivity contribution in [3.63, 3.8) is 0 Å². The zero-order chi connectivity index (χ0) is 14.5. The minimum atomic E-state index is 0.0420. The summed E-state index contributed by atoms with van der Waals surface area (Å²) in [7, 11) is 0. The molecule has 0 amide bonds. The fraction of sp³-hybridized carbons (Fsp3) is 0.625. The first-order valence-electron chi connectivity index (χ1n) is 6.90. The Labute approximate surface area is 122 Å². The van der Waals surface area contributed by atoms with Gasteiger partial charge < -0.3 is 10.1 Å². The molecule has 0 saturated carbocycles. The van der Waals surface area contributed by atoms with E-state index in [2.05, 4.69) is 46.0 Å². The van der Waals surface area contributed by atoms with Crippen molar-refractivity contribution in [1.82, 2.24) is 5.32 Å². The third-order valence-electron chi connectivity index (χ3n) is 2.67. The number of halogens is 1. The number of hydrogen-bond acceptors (Lipinski definition) is 2. The Balaban J connectivity index is 2.73. The Bertz CT molecular complexity index is 385. The summed E-state index contributed by atoms with van der Waals surface area (Å²) in [4.78, 5) is 0. The molecule has 0 spiro atoms. The summed E-state index contributed by atoms with van der Waals surface area (Å²) < 4.78 is 6.02. The van der Waals surface area contributed by atoms with E-state index in [1.54, 1.807) is 0 Å². The lowest BCUT2D eigenvalue weighted by Gasteiger charge is -2.26. The molecule has 1 aromatic carbocycles. The van der Waals surface area contributed by atoms with Crippen LogP contribution < -0.4 is 5.32 Å². The van der Waals surface area contributed by atoms with E-state index >= 15 is 0 Å². The van der Waals surface area contributed by atoms with Crippen LogP contribution in [0.15, 0.2) is 24.3 Å². The van der Waals surface area contributed by atoms with Gasteiger partial charge in [0.15, 0.2) is 0 Å². The van der Waals surface area contributed by atoms with E-state index in [0.29, 0.717) is 5.92 Å². The van der Waals surface area contributed by atoms with Crippen molar-refractivity contribution < 1.29 is 4.74 Å². The maximum atomic E-state index is 6.07. The monoisotopic (exact) mass is 283 g/mol. The highest BCUT2D eigenvalue weighted by molar-refractivity contribution is 6.30. The summed E-state index contributed by atoms with van der Waals surface area (Å²) in [5.41, 5.74) is 1.21. The van der Waals surface area contributed by atoms with Crippen molar-refractivity contribution in [1.29, 1.82) is 0 Å². The average Bonchev–Trinajstić information content (AvgIpc) is 2.27. The molecule has 0 aliphatic rings. The van der Waals surface area contributed by atoms with Crippen LogP contribution in [-0.4, -0.2) is 18.7 Å². The van der Waals surface area contributed by atoms with Crippen LogP contribution in [0.1, 0.15) is 46.3 Å². The number of rotatable bonds is 6. The van der Waals surface area contributed by atoms with E-state index in [4.69, 9.17) is 16.3 Å². The minimum Gasteiger partial charge on any atom is -0.372 e. The SMILES string of the molecule is CC(C)COC(CNC(C)(C)C)c1cccc(Cl)c1. The fourth-order valence-electron chi connectivity index (χ4n) is 1.69. The lowest BCUT2D eigenvalue weighted by atomic mass is 10.1. The van der Waals surface area contributed by atoms with Gasteiger partial charge in [-0.15, -0.1) is 0 Å². The van der Waals surface area contributed by atoms with Crippen molar-refractivity contribution in [3.05, 3.63) is 34.9 Å². The molecule has 0 saturated heterocycles. The van der Waals surface area contributed by atoms with Crippen molar-refractivity contribution >= 4 is 11.6 Å². The Kier molecular flexibility index (Phi) is 6.31. The van der Waals surface area contributed by atoms with Crippen LogP contribution in [0.4, 0.5) is 0 Å². The fourth-order valence-corrected chi connectivity index (χ4v) is 1.89. The second kappa shape index (κ2) is 7.28. The summed E-state index contributed by atoms with van der Waals surface area (Å²) in [5.74, 6) is 0.524. The maximum Gasteiger partial charge on any atom is 0.0950 e. The predicted octanol–water partition coefficient (Wildman–Crippen LogP) is 4.44. The van der Waals surface area contributed by atoms with Crippen LogP contribution in [0, 0.1) is 5.92 Å². The first-order valence-corrected chi connectivity index (χ1v) is 7.28. The Morgan fingerprint density at radius 3 is 2.47 bits per heavy atom. The zero-order valence-electron chi connectivity index (χ0n) is 12.7. The first kappa shape index (κ1) is 16.5. The first-order chi connectivity index (χ1) is 8.78. The molecule has 0 aromatic heterocycles. The summed E-state index contributed by atoms with van der Waals surface area (Å²) in [6, 6.07) is 7.92. The van der Waals surface area contributed by atoms with E-state index in [9.17, 15) is 0 Å². The van der Waals surface area contributed by atoms with E-state index in [0.717, 1.165) is 23.7 Å². The van der Waals surface area contributed by atoms with E-state index in [1.807, 2.05) is 18.2 Å². The summed E-state index contributed by atoms with van der Waals surface area (Å²) >= 11 is 6.07. The van der Waals surface area contributed by atoms with Gasteiger partial charge in [0.25, 0.3) is 0 Å². The lowest BCUT2D eigenvalue weighted by molar-refractivity contribution is 0.0315. The summed E-state index contributed by atoms with van der Waals surface area (Å²) in [6.45, 7) is 12.3. The van der Waals surface area contributed by atoms with Gasteiger partial charge in [-0.2, -0.15) is 0 Å². The molecular weight excluding hydrogens is 258 g/mol. The van der Waals surface area contributed by atoms with Crippen LogP contribution in [0.3, 0.4) is 0 Å². The maximum absolute atomic E-state index is 6.07. The molecule has 19 heavy (non-hydrogen) atoms. The van der Waals surface area contributed by atoms with Gasteiger partial charge in [-0.1, -0.05) is 37.6 Å². The molecule has 0 fully saturated rings. The molecule has 0 bridgehead atoms. The van der Waals surface area contributed by atoms with Gasteiger partial charge in [-0.25, -0.2) is 0 Å². The Hall–Kier alpha value is -0.570. The molecule has 1 aromatic rings. The van der Waals surface area contributed by atoms with Gasteiger partial charge in [-0.3, -0.25) is 0 Å². The van der Waals surface area contributed by atoms with Crippen molar-refractivity contribution in [2.45, 2.75) is 46.3 Å². The predicted molar refractivity (Wildman–Crippen MR) is 82.7 cm³/mol. The summed E-state index contributed by atoms with van der Waals surface area (Å²) in [5, 5.41) is 4.25. The van der Waals surface area contributed by atoms with Crippen molar-refractivity contribution in [3.8, 4) is 0 Å². The molecule has 0 radical (unpaired) electrons. The van der Waals surface area contributed by atoms with Crippen LogP contribution >= 0.6 is 11.6 Å². The zero-order valence-corrected chi connectivity index (χ0v) is 13.4. The van der Waals surface area contributed by atoms with Gasteiger partial charge in [0.1, 0.15) is 0 Å². The number of nitrogens with one attached hydrogen (secondary N) is 1. The second-order valence-corrected chi connectivity index (χ2v) is 6.84. The van der Waals surface area contributed by atoms with Crippen LogP contribution in [0.25, 0.3) is 0 Å². The minimum absolute atomic E-state index is 0.0420. The Morgan fingerprint density at radius 1 is 1.26 bits per heavy atom. The molecule has 108 valence electrons. The number of benzene rings is 1. The molecule has 1 N–H and O–H groups in total. The molecule has 3 heteroatoms. The molecule has 1 rings (SSSR count). The topological polar surface area (TPSA) is 21.3 Å². The molecular formula is C16H26ClNO. The van der Waals surface area contributed by atoms with E-state index < -0.39 is 0 Å². The standard InChI is InChI=1S/C16H26ClNO/c1-12(2)11-19-15(10-18-16(3,4)5)13-7-6-8-14(17)9-13/h6-9,12,15,18H,10-11H2,1-5H3. The largest absolute Gasteiger partial charge is 0.372 e. The molecule has 1 atom stereocenters. The van der Waals surface area contributed by atoms with Crippen LogP contribution in [0.5, 0.6) is 0 Å². The molecule has 0 aliphatic carbocycles. The highest BCUT2D eigenvalue weighted by Crippen LogP contribution is 2.22. The highest BCUT2D eigenvalue weighted by atomic mass is 35.5. The van der Waals surface area contributed by atoms with E-state index in [1.165, 1.54) is 0 Å². The number of ether oxygens (including phenoxy) is 1. The van der Waals surface area contributed by atoms with Crippen molar-refractivity contribution in [2.24, 2.45) is 5.92 Å². The third kappa shape index (κ3) is 6.95. The third-order valence-corrected chi connectivity index (χ3v) is 2.90. The normalized spacial score (nSPS) is 13.8. The van der Waals surface area contributed by atoms with Gasteiger partial charge in [0.2, 0.25) is 0 Å². The van der Waals surface area contributed by atoms with Gasteiger partial charge in [0, 0.05) is 23.7 Å². The lowest BCUT2D eigenvalue weighted by Crippen LogP contribution is -2.39. The van der Waals surface area contributed by atoms with Crippen LogP contribution in [-0.2, 0) is 4.74 Å². The molecule has 1 unspecified atom stereocenters. The molecule has 0 aliphatic heterocycles. The van der Waals surface area contributed by atoms with E-state index in [-0.39, 0.29) is 11.6 Å². The second-order valence-electron chi connectivity index (χ2n) is 6.40. The van der Waals surface area contributed by atoms with Crippen molar-refractivity contribution in [2.75, 3.05) is 13.2 Å². The van der Waals surface area contributed by atoms with Gasteiger partial charge >= 0.3 is 0 Å². The molecule has 0 heterocycles. The highest BCUT2D eigenvalue weighted by Gasteiger charge is 2.17.